The van der Waals surface area contributed by atoms with Gasteiger partial charge in [-0.2, -0.15) is 0 Å². The van der Waals surface area contributed by atoms with Crippen molar-refractivity contribution < 1.29 is 13.6 Å². The molecule has 5 nitrogen and oxygen atoms in total. The molecule has 1 aromatic heterocycles. The normalized spacial score (nSPS) is 15.1. The van der Waals surface area contributed by atoms with Gasteiger partial charge in [0.1, 0.15) is 12.1 Å². The average molecular weight is 390 g/mol. The summed E-state index contributed by atoms with van der Waals surface area (Å²) in [4.78, 5) is 16.5. The van der Waals surface area contributed by atoms with Gasteiger partial charge in [-0.25, -0.2) is 9.37 Å². The zero-order valence-electron chi connectivity index (χ0n) is 13.7. The van der Waals surface area contributed by atoms with Crippen molar-refractivity contribution in [3.8, 4) is 11.5 Å². The van der Waals surface area contributed by atoms with Gasteiger partial charge in [-0.15, -0.1) is 24.8 Å². The summed E-state index contributed by atoms with van der Waals surface area (Å²) in [5.74, 6) is -0.0398. The van der Waals surface area contributed by atoms with Crippen molar-refractivity contribution in [1.82, 2.24) is 10.3 Å². The Morgan fingerprint density at radius 1 is 1.24 bits per heavy atom. The maximum atomic E-state index is 12.9. The second-order valence-electron chi connectivity index (χ2n) is 6.07. The maximum absolute atomic E-state index is 12.9. The van der Waals surface area contributed by atoms with E-state index in [0.717, 1.165) is 25.7 Å². The molecule has 1 heterocycles. The van der Waals surface area contributed by atoms with Crippen LogP contribution in [0.15, 0.2) is 34.9 Å². The highest BCUT2D eigenvalue weighted by atomic mass is 35.5. The molecule has 3 rings (SSSR count). The minimum absolute atomic E-state index is 0. The number of hydrogen-bond acceptors (Lipinski definition) is 4. The van der Waals surface area contributed by atoms with Crippen LogP contribution in [-0.4, -0.2) is 23.0 Å². The van der Waals surface area contributed by atoms with Gasteiger partial charge >= 0.3 is 0 Å². The molecule has 1 saturated carbocycles. The topological polar surface area (TPSA) is 81.1 Å². The van der Waals surface area contributed by atoms with E-state index in [0.29, 0.717) is 23.7 Å². The van der Waals surface area contributed by atoms with Crippen molar-refractivity contribution >= 4 is 30.7 Å². The zero-order valence-corrected chi connectivity index (χ0v) is 15.3. The third kappa shape index (κ3) is 5.17. The molecule has 0 saturated heterocycles. The van der Waals surface area contributed by atoms with Gasteiger partial charge in [0.15, 0.2) is 0 Å². The summed E-state index contributed by atoms with van der Waals surface area (Å²) in [7, 11) is 0. The Morgan fingerprint density at radius 2 is 1.88 bits per heavy atom. The summed E-state index contributed by atoms with van der Waals surface area (Å²) in [6, 6.07) is 5.87. The summed E-state index contributed by atoms with van der Waals surface area (Å²) >= 11 is 0. The molecule has 0 radical (unpaired) electrons. The monoisotopic (exact) mass is 389 g/mol. The molecule has 0 aliphatic heterocycles. The van der Waals surface area contributed by atoms with E-state index in [9.17, 15) is 9.18 Å². The van der Waals surface area contributed by atoms with E-state index in [-0.39, 0.29) is 48.5 Å². The van der Waals surface area contributed by atoms with Crippen LogP contribution < -0.4 is 11.1 Å². The van der Waals surface area contributed by atoms with Crippen LogP contribution in [0.25, 0.3) is 11.5 Å². The predicted octanol–water partition coefficient (Wildman–Crippen LogP) is 3.25. The standard InChI is InChI=1S/C17H20FN3O2.2ClH/c18-13-5-3-12(4-6-13)16-20-14(10-23-16)9-15(22)21-17(11-19)7-1-2-8-17;;/h3-6,10H,1-2,7-9,11,19H2,(H,21,22);2*1H. The number of benzene rings is 1. The summed E-state index contributed by atoms with van der Waals surface area (Å²) in [5.41, 5.74) is 6.78. The molecule has 1 aliphatic rings. The molecular formula is C17H22Cl2FN3O2. The highest BCUT2D eigenvalue weighted by molar-refractivity contribution is 5.85. The minimum Gasteiger partial charge on any atom is -0.444 e. The fourth-order valence-corrected chi connectivity index (χ4v) is 3.05. The van der Waals surface area contributed by atoms with Crippen LogP contribution in [0.5, 0.6) is 0 Å². The highest BCUT2D eigenvalue weighted by Crippen LogP contribution is 2.28. The number of hydrogen-bond donors (Lipinski definition) is 2. The van der Waals surface area contributed by atoms with Crippen molar-refractivity contribution in [2.24, 2.45) is 5.73 Å². The SMILES string of the molecule is Cl.Cl.NCC1(NC(=O)Cc2coc(-c3ccc(F)cc3)n2)CCCC1. The van der Waals surface area contributed by atoms with Crippen LogP contribution in [0.1, 0.15) is 31.4 Å². The molecule has 138 valence electrons. The summed E-state index contributed by atoms with van der Waals surface area (Å²) in [5, 5.41) is 3.05. The Hall–Kier alpha value is -1.63. The number of halogens is 3. The van der Waals surface area contributed by atoms with Gasteiger partial charge < -0.3 is 15.5 Å². The second-order valence-corrected chi connectivity index (χ2v) is 6.07. The first kappa shape index (κ1) is 21.4. The van der Waals surface area contributed by atoms with Crippen LogP contribution in [0.2, 0.25) is 0 Å². The lowest BCUT2D eigenvalue weighted by Crippen LogP contribution is -2.52. The van der Waals surface area contributed by atoms with Crippen LogP contribution in [0.4, 0.5) is 4.39 Å². The van der Waals surface area contributed by atoms with E-state index in [1.165, 1.54) is 18.4 Å². The Morgan fingerprint density at radius 3 is 2.48 bits per heavy atom. The molecule has 25 heavy (non-hydrogen) atoms. The molecule has 3 N–H and O–H groups in total. The quantitative estimate of drug-likeness (QED) is 0.821. The molecule has 0 unspecified atom stereocenters. The van der Waals surface area contributed by atoms with E-state index in [2.05, 4.69) is 10.3 Å². The average Bonchev–Trinajstić information content (AvgIpc) is 3.18. The van der Waals surface area contributed by atoms with Gasteiger partial charge in [0.2, 0.25) is 11.8 Å². The molecule has 1 amide bonds. The van der Waals surface area contributed by atoms with Crippen LogP contribution in [0, 0.1) is 5.82 Å². The Kier molecular flexibility index (Phi) is 7.86. The van der Waals surface area contributed by atoms with E-state index in [1.54, 1.807) is 12.1 Å². The Labute approximate surface area is 158 Å². The molecule has 2 aromatic rings. The van der Waals surface area contributed by atoms with Gasteiger partial charge in [0.25, 0.3) is 0 Å². The first-order chi connectivity index (χ1) is 11.1. The lowest BCUT2D eigenvalue weighted by molar-refractivity contribution is -0.122. The van der Waals surface area contributed by atoms with Crippen LogP contribution >= 0.6 is 24.8 Å². The summed E-state index contributed by atoms with van der Waals surface area (Å²) < 4.78 is 18.3. The second kappa shape index (κ2) is 9.17. The third-order valence-electron chi connectivity index (χ3n) is 4.34. The number of aromatic nitrogens is 1. The number of nitrogens with zero attached hydrogens (tertiary/aromatic N) is 1. The van der Waals surface area contributed by atoms with E-state index >= 15 is 0 Å². The van der Waals surface area contributed by atoms with Crippen molar-refractivity contribution in [2.75, 3.05) is 6.54 Å². The van der Waals surface area contributed by atoms with Gasteiger partial charge in [-0.1, -0.05) is 12.8 Å². The first-order valence-corrected chi connectivity index (χ1v) is 7.82. The summed E-state index contributed by atoms with van der Waals surface area (Å²) in [6.45, 7) is 0.457. The molecule has 0 spiro atoms. The number of rotatable bonds is 5. The lowest BCUT2D eigenvalue weighted by atomic mass is 9.97. The lowest BCUT2D eigenvalue weighted by Gasteiger charge is -2.28. The first-order valence-electron chi connectivity index (χ1n) is 7.82. The van der Waals surface area contributed by atoms with E-state index in [1.807, 2.05) is 0 Å². The van der Waals surface area contributed by atoms with Gasteiger partial charge in [0.05, 0.1) is 17.7 Å². The molecule has 1 aliphatic carbocycles. The van der Waals surface area contributed by atoms with Crippen molar-refractivity contribution in [2.45, 2.75) is 37.6 Å². The van der Waals surface area contributed by atoms with Crippen LogP contribution in [0.3, 0.4) is 0 Å². The Bertz CT molecular complexity index is 685. The van der Waals surface area contributed by atoms with Gasteiger partial charge in [-0.3, -0.25) is 4.79 Å². The highest BCUT2D eigenvalue weighted by Gasteiger charge is 2.33. The van der Waals surface area contributed by atoms with E-state index in [4.69, 9.17) is 10.2 Å². The van der Waals surface area contributed by atoms with Crippen molar-refractivity contribution in [3.05, 3.63) is 42.0 Å². The van der Waals surface area contributed by atoms with Crippen LogP contribution in [-0.2, 0) is 11.2 Å². The maximum Gasteiger partial charge on any atom is 0.226 e. The smallest absolute Gasteiger partial charge is 0.226 e. The Balaban J connectivity index is 0.00000156. The molecule has 1 fully saturated rings. The van der Waals surface area contributed by atoms with Crippen molar-refractivity contribution in [3.63, 3.8) is 0 Å². The molecule has 0 bridgehead atoms. The third-order valence-corrected chi connectivity index (χ3v) is 4.34. The number of amides is 1. The largest absolute Gasteiger partial charge is 0.444 e. The molecule has 0 atom stereocenters. The minimum atomic E-state index is -0.316. The van der Waals surface area contributed by atoms with Gasteiger partial charge in [0, 0.05) is 12.1 Å². The summed E-state index contributed by atoms with van der Waals surface area (Å²) in [6.07, 6.45) is 5.64. The molecular weight excluding hydrogens is 368 g/mol. The van der Waals surface area contributed by atoms with Gasteiger partial charge in [-0.05, 0) is 37.1 Å². The number of carbonyl (C=O) groups excluding carboxylic acids is 1. The fraction of sp³-hybridized carbons (Fsp3) is 0.412. The fourth-order valence-electron chi connectivity index (χ4n) is 3.05. The number of nitrogens with one attached hydrogen (secondary N) is 1. The molecule has 1 aromatic carbocycles. The van der Waals surface area contributed by atoms with Crippen molar-refractivity contribution in [1.29, 1.82) is 0 Å². The zero-order chi connectivity index (χ0) is 16.3. The molecule has 8 heteroatoms. The predicted molar refractivity (Wildman–Crippen MR) is 98.5 cm³/mol. The number of carbonyl (C=O) groups is 1. The van der Waals surface area contributed by atoms with E-state index < -0.39 is 0 Å². The number of oxazole rings is 1. The number of nitrogens with two attached hydrogens (primary N) is 1.